The molecule has 3 heterocycles. The van der Waals surface area contributed by atoms with Crippen molar-refractivity contribution < 1.29 is 14.7 Å². The van der Waals surface area contributed by atoms with Gasteiger partial charge in [-0.1, -0.05) is 19.1 Å². The Morgan fingerprint density at radius 2 is 2.00 bits per heavy atom. The van der Waals surface area contributed by atoms with E-state index in [4.69, 9.17) is 0 Å². The molecule has 146 valence electrons. The number of carboxylic acids is 1. The Morgan fingerprint density at radius 3 is 2.69 bits per heavy atom. The third-order valence-electron chi connectivity index (χ3n) is 4.73. The smallest absolute Gasteiger partial charge is 0.341 e. The van der Waals surface area contributed by atoms with Gasteiger partial charge in [0.1, 0.15) is 11.3 Å². The molecule has 1 amide bonds. The summed E-state index contributed by atoms with van der Waals surface area (Å²) in [6, 6.07) is 12.6. The van der Waals surface area contributed by atoms with E-state index in [9.17, 15) is 14.7 Å². The first-order valence-electron chi connectivity index (χ1n) is 9.12. The van der Waals surface area contributed by atoms with E-state index in [0.29, 0.717) is 34.8 Å². The second kappa shape index (κ2) is 7.23. The van der Waals surface area contributed by atoms with Gasteiger partial charge < -0.3 is 15.0 Å². The molecule has 0 aliphatic rings. The summed E-state index contributed by atoms with van der Waals surface area (Å²) < 4.78 is 3.29. The summed E-state index contributed by atoms with van der Waals surface area (Å²) in [5.41, 5.74) is 3.53. The summed E-state index contributed by atoms with van der Waals surface area (Å²) in [6.07, 6.45) is 3.85. The fourth-order valence-electron chi connectivity index (χ4n) is 3.32. The van der Waals surface area contributed by atoms with Crippen LogP contribution in [0.25, 0.3) is 16.9 Å². The largest absolute Gasteiger partial charge is 0.477 e. The van der Waals surface area contributed by atoms with Crippen LogP contribution in [0.3, 0.4) is 0 Å². The number of carbonyl (C=O) groups is 2. The van der Waals surface area contributed by atoms with Crippen molar-refractivity contribution in [2.45, 2.75) is 13.3 Å². The lowest BCUT2D eigenvalue weighted by atomic mass is 10.1. The number of carbonyl (C=O) groups excluding carboxylic acids is 1. The van der Waals surface area contributed by atoms with Crippen LogP contribution < -0.4 is 5.32 Å². The zero-order valence-corrected chi connectivity index (χ0v) is 16.0. The molecule has 4 aromatic rings. The molecule has 29 heavy (non-hydrogen) atoms. The van der Waals surface area contributed by atoms with Gasteiger partial charge in [-0.3, -0.25) is 4.79 Å². The maximum Gasteiger partial charge on any atom is 0.341 e. The normalized spacial score (nSPS) is 11.0. The first-order valence-corrected chi connectivity index (χ1v) is 9.12. The van der Waals surface area contributed by atoms with Gasteiger partial charge in [0.15, 0.2) is 5.65 Å². The van der Waals surface area contributed by atoms with Crippen LogP contribution in [0.1, 0.15) is 33.5 Å². The van der Waals surface area contributed by atoms with Crippen LogP contribution in [0, 0.1) is 0 Å². The number of hydrogen-bond donors (Lipinski definition) is 2. The van der Waals surface area contributed by atoms with Gasteiger partial charge in [-0.15, -0.1) is 0 Å². The molecule has 0 spiro atoms. The lowest BCUT2D eigenvalue weighted by molar-refractivity contribution is 0.0697. The van der Waals surface area contributed by atoms with E-state index in [1.54, 1.807) is 33.5 Å². The highest BCUT2D eigenvalue weighted by Crippen LogP contribution is 2.25. The average molecular weight is 389 g/mol. The molecular formula is C21H19N5O3. The van der Waals surface area contributed by atoms with Gasteiger partial charge in [0.05, 0.1) is 11.4 Å². The van der Waals surface area contributed by atoms with Crippen LogP contribution >= 0.6 is 0 Å². The number of hydrogen-bond acceptors (Lipinski definition) is 4. The molecule has 0 saturated carbocycles. The quantitative estimate of drug-likeness (QED) is 0.546. The van der Waals surface area contributed by atoms with Crippen molar-refractivity contribution in [2.24, 2.45) is 7.05 Å². The first kappa shape index (κ1) is 18.4. The lowest BCUT2D eigenvalue weighted by Gasteiger charge is -2.09. The highest BCUT2D eigenvalue weighted by atomic mass is 16.4. The second-order valence-corrected chi connectivity index (χ2v) is 6.59. The van der Waals surface area contributed by atoms with Crippen LogP contribution in [-0.4, -0.2) is 36.1 Å². The van der Waals surface area contributed by atoms with Crippen LogP contribution in [0.2, 0.25) is 0 Å². The predicted octanol–water partition coefficient (Wildman–Crippen LogP) is 3.25. The van der Waals surface area contributed by atoms with E-state index in [1.807, 2.05) is 44.4 Å². The minimum Gasteiger partial charge on any atom is -0.477 e. The number of nitrogens with one attached hydrogen (secondary N) is 1. The zero-order valence-electron chi connectivity index (χ0n) is 16.0. The van der Waals surface area contributed by atoms with Crippen molar-refractivity contribution in [3.63, 3.8) is 0 Å². The Morgan fingerprint density at radius 1 is 1.17 bits per heavy atom. The minimum absolute atomic E-state index is 0.113. The number of rotatable bonds is 5. The maximum absolute atomic E-state index is 12.5. The summed E-state index contributed by atoms with van der Waals surface area (Å²) in [7, 11) is 1.81. The third kappa shape index (κ3) is 3.25. The molecule has 0 unspecified atom stereocenters. The molecule has 0 radical (unpaired) electrons. The van der Waals surface area contributed by atoms with Gasteiger partial charge in [0.25, 0.3) is 5.91 Å². The van der Waals surface area contributed by atoms with Gasteiger partial charge >= 0.3 is 5.97 Å². The number of fused-ring (bicyclic) bond motifs is 1. The fourth-order valence-corrected chi connectivity index (χ4v) is 3.32. The van der Waals surface area contributed by atoms with E-state index >= 15 is 0 Å². The Labute approximate surface area is 166 Å². The van der Waals surface area contributed by atoms with Gasteiger partial charge in [0.2, 0.25) is 0 Å². The van der Waals surface area contributed by atoms with Crippen molar-refractivity contribution >= 4 is 23.2 Å². The second-order valence-electron chi connectivity index (χ2n) is 6.59. The van der Waals surface area contributed by atoms with Crippen LogP contribution in [0.15, 0.2) is 54.9 Å². The number of benzene rings is 1. The van der Waals surface area contributed by atoms with E-state index in [1.165, 1.54) is 0 Å². The fraction of sp³-hybridized carbons (Fsp3) is 0.143. The molecule has 1 aromatic carbocycles. The molecule has 2 N–H and O–H groups in total. The van der Waals surface area contributed by atoms with Gasteiger partial charge in [-0.05, 0) is 36.8 Å². The SMILES string of the molecule is CCc1nn2c(-c3cccc(NC(=O)c4cccn4C)c3)ccnc2c1C(=O)O. The molecule has 0 aliphatic carbocycles. The lowest BCUT2D eigenvalue weighted by Crippen LogP contribution is -2.15. The van der Waals surface area contributed by atoms with Crippen molar-refractivity contribution in [1.29, 1.82) is 0 Å². The minimum atomic E-state index is -1.05. The Bertz CT molecular complexity index is 1240. The van der Waals surface area contributed by atoms with Crippen LogP contribution in [-0.2, 0) is 13.5 Å². The number of carboxylic acid groups (broad SMARTS) is 1. The highest BCUT2D eigenvalue weighted by molar-refractivity contribution is 6.03. The first-order chi connectivity index (χ1) is 14.0. The van der Waals surface area contributed by atoms with E-state index < -0.39 is 5.97 Å². The van der Waals surface area contributed by atoms with Crippen molar-refractivity contribution in [1.82, 2.24) is 19.2 Å². The molecule has 4 rings (SSSR count). The Balaban J connectivity index is 1.75. The van der Waals surface area contributed by atoms with E-state index in [0.717, 1.165) is 5.56 Å². The predicted molar refractivity (Wildman–Crippen MR) is 108 cm³/mol. The maximum atomic E-state index is 12.5. The third-order valence-corrected chi connectivity index (χ3v) is 4.73. The Kier molecular flexibility index (Phi) is 4.59. The van der Waals surface area contributed by atoms with E-state index in [2.05, 4.69) is 15.4 Å². The summed E-state index contributed by atoms with van der Waals surface area (Å²) in [4.78, 5) is 28.4. The highest BCUT2D eigenvalue weighted by Gasteiger charge is 2.21. The van der Waals surface area contributed by atoms with Gasteiger partial charge in [-0.25, -0.2) is 14.3 Å². The monoisotopic (exact) mass is 389 g/mol. The molecule has 0 aliphatic heterocycles. The van der Waals surface area contributed by atoms with Crippen molar-refractivity contribution in [3.05, 3.63) is 71.8 Å². The average Bonchev–Trinajstić information content (AvgIpc) is 3.31. The van der Waals surface area contributed by atoms with Gasteiger partial charge in [0, 0.05) is 30.7 Å². The summed E-state index contributed by atoms with van der Waals surface area (Å²) >= 11 is 0. The molecule has 3 aromatic heterocycles. The number of anilines is 1. The zero-order chi connectivity index (χ0) is 20.5. The number of aromatic carboxylic acids is 1. The summed E-state index contributed by atoms with van der Waals surface area (Å²) in [5.74, 6) is -1.26. The van der Waals surface area contributed by atoms with Crippen molar-refractivity contribution in [3.8, 4) is 11.3 Å². The summed E-state index contributed by atoms with van der Waals surface area (Å²) in [6.45, 7) is 1.85. The Hall–Kier alpha value is -3.94. The topological polar surface area (TPSA) is 102 Å². The summed E-state index contributed by atoms with van der Waals surface area (Å²) in [5, 5.41) is 16.9. The standard InChI is InChI=1S/C21H19N5O3/c1-3-15-18(21(28)29)19-22-10-9-16(26(19)24-15)13-6-4-7-14(12-13)23-20(27)17-8-5-11-25(17)2/h4-12H,3H2,1-2H3,(H,23,27)(H,28,29). The van der Waals surface area contributed by atoms with Crippen molar-refractivity contribution in [2.75, 3.05) is 5.32 Å². The van der Waals surface area contributed by atoms with Crippen LogP contribution in [0.5, 0.6) is 0 Å². The van der Waals surface area contributed by atoms with Crippen LogP contribution in [0.4, 0.5) is 5.69 Å². The molecule has 8 heteroatoms. The molecular weight excluding hydrogens is 370 g/mol. The molecule has 0 saturated heterocycles. The number of aryl methyl sites for hydroxylation is 2. The van der Waals surface area contributed by atoms with E-state index in [-0.39, 0.29) is 11.5 Å². The molecule has 0 bridgehead atoms. The number of aromatic nitrogens is 4. The van der Waals surface area contributed by atoms with Gasteiger partial charge in [-0.2, -0.15) is 5.10 Å². The molecule has 0 atom stereocenters. The number of nitrogens with zero attached hydrogens (tertiary/aromatic N) is 4. The number of amides is 1. The molecule has 8 nitrogen and oxygen atoms in total. The molecule has 0 fully saturated rings.